The van der Waals surface area contributed by atoms with Crippen molar-refractivity contribution in [1.82, 2.24) is 25.2 Å². The molecule has 0 amide bonds. The Labute approximate surface area is 217 Å². The molecule has 9 heteroatoms. The maximum Gasteiger partial charge on any atom is 0.137 e. The van der Waals surface area contributed by atoms with Gasteiger partial charge < -0.3 is 11.2 Å². The number of aryl methyl sites for hydroxylation is 1. The average Bonchev–Trinajstić information content (AvgIpc) is 3.46. The Kier molecular flexibility index (Phi) is 6.63. The predicted molar refractivity (Wildman–Crippen MR) is 143 cm³/mol. The molecule has 0 spiro atoms. The molecule has 0 saturated heterocycles. The Balaban J connectivity index is 1.47. The number of benzene rings is 1. The number of likely N-dealkylation sites (N-methyl/N-ethyl adjacent to an activating group) is 1. The van der Waals surface area contributed by atoms with E-state index in [0.29, 0.717) is 18.2 Å². The summed E-state index contributed by atoms with van der Waals surface area (Å²) in [6.45, 7) is 2.05. The molecule has 6 nitrogen and oxygen atoms in total. The van der Waals surface area contributed by atoms with Crippen LogP contribution in [0.25, 0.3) is 11.3 Å². The van der Waals surface area contributed by atoms with Crippen molar-refractivity contribution in [1.29, 1.82) is 0 Å². The highest BCUT2D eigenvalue weighted by Gasteiger charge is 2.24. The highest BCUT2D eigenvalue weighted by molar-refractivity contribution is 9.10. The van der Waals surface area contributed by atoms with E-state index in [4.69, 9.17) is 10.8 Å². The molecule has 182 valence electrons. The van der Waals surface area contributed by atoms with Gasteiger partial charge in [0, 0.05) is 59.5 Å². The Morgan fingerprint density at radius 1 is 1.31 bits per heavy atom. The standard InChI is InChI=1S/C26H28BrFN6S/c1-15(35-24-10-18(27)13-30-26(24)29)23-11-19(28)6-7-22(23)25-17(14-33(2)32-25)9-20-12-21(34(3)31-20)8-16-4-5-16/h6-8,10-16,31H,4-5,9H2,1-3H3,(H2,29,30)/t15-/m1/s1. The zero-order chi connectivity index (χ0) is 24.7. The lowest BCUT2D eigenvalue weighted by molar-refractivity contribution is 0.367. The molecule has 1 aromatic carbocycles. The third kappa shape index (κ3) is 5.41. The molecule has 5 rings (SSSR count). The summed E-state index contributed by atoms with van der Waals surface area (Å²) in [7, 11) is 3.96. The Morgan fingerprint density at radius 2 is 2.11 bits per heavy atom. The second kappa shape index (κ2) is 9.70. The van der Waals surface area contributed by atoms with Crippen molar-refractivity contribution >= 4 is 33.5 Å². The SMILES string of the molecule is C[C@@H](Sc1cc(Br)cnc1N)c1cc(F)ccc1-c1nn(C)cc1CC1=CC(=CC2CC2)N(C)N1. The zero-order valence-electron chi connectivity index (χ0n) is 19.9. The maximum atomic E-state index is 14.4. The van der Waals surface area contributed by atoms with Crippen LogP contribution in [0.15, 0.2) is 69.6 Å². The molecule has 1 saturated carbocycles. The van der Waals surface area contributed by atoms with E-state index in [1.807, 2.05) is 37.1 Å². The lowest BCUT2D eigenvalue weighted by Crippen LogP contribution is -2.27. The molecular weight excluding hydrogens is 527 g/mol. The van der Waals surface area contributed by atoms with E-state index in [1.54, 1.807) is 24.0 Å². The van der Waals surface area contributed by atoms with Crippen LogP contribution in [-0.2, 0) is 13.5 Å². The monoisotopic (exact) mass is 554 g/mol. The van der Waals surface area contributed by atoms with Gasteiger partial charge in [0.05, 0.1) is 16.3 Å². The molecule has 0 radical (unpaired) electrons. The fourth-order valence-corrected chi connectivity index (χ4v) is 5.86. The predicted octanol–water partition coefficient (Wildman–Crippen LogP) is 5.99. The molecule has 1 fully saturated rings. The first-order chi connectivity index (χ1) is 16.8. The number of aromatic nitrogens is 3. The van der Waals surface area contributed by atoms with E-state index in [9.17, 15) is 4.39 Å². The normalized spacial score (nSPS) is 17.6. The highest BCUT2D eigenvalue weighted by atomic mass is 79.9. The van der Waals surface area contributed by atoms with Crippen LogP contribution >= 0.6 is 27.7 Å². The van der Waals surface area contributed by atoms with Gasteiger partial charge in [0.2, 0.25) is 0 Å². The van der Waals surface area contributed by atoms with Crippen molar-refractivity contribution in [3.8, 4) is 11.3 Å². The minimum Gasteiger partial charge on any atom is -0.383 e. The van der Waals surface area contributed by atoms with Crippen LogP contribution in [0, 0.1) is 11.7 Å². The van der Waals surface area contributed by atoms with Gasteiger partial charge in [-0.25, -0.2) is 9.37 Å². The number of rotatable bonds is 7. The summed E-state index contributed by atoms with van der Waals surface area (Å²) < 4.78 is 17.1. The second-order valence-electron chi connectivity index (χ2n) is 9.15. The molecule has 3 aromatic rings. The minimum absolute atomic E-state index is 0.0722. The van der Waals surface area contributed by atoms with Gasteiger partial charge in [-0.05, 0) is 77.5 Å². The van der Waals surface area contributed by atoms with E-state index in [-0.39, 0.29) is 11.1 Å². The number of allylic oxidation sites excluding steroid dienone is 3. The number of hydrogen-bond acceptors (Lipinski definition) is 6. The zero-order valence-corrected chi connectivity index (χ0v) is 22.3. The summed E-state index contributed by atoms with van der Waals surface area (Å²) in [5.74, 6) is 0.889. The molecule has 2 aliphatic rings. The molecule has 3 heterocycles. The summed E-state index contributed by atoms with van der Waals surface area (Å²) in [6, 6.07) is 6.87. The maximum absolute atomic E-state index is 14.4. The van der Waals surface area contributed by atoms with E-state index >= 15 is 0 Å². The second-order valence-corrected chi connectivity index (χ2v) is 11.4. The number of anilines is 1. The molecule has 1 aliphatic heterocycles. The average molecular weight is 556 g/mol. The number of pyridine rings is 1. The number of halogens is 2. The van der Waals surface area contributed by atoms with Crippen LogP contribution in [0.1, 0.15) is 36.1 Å². The van der Waals surface area contributed by atoms with Gasteiger partial charge in [-0.1, -0.05) is 6.08 Å². The van der Waals surface area contributed by atoms with Crippen molar-refractivity contribution < 1.29 is 4.39 Å². The lowest BCUT2D eigenvalue weighted by atomic mass is 9.98. The van der Waals surface area contributed by atoms with Crippen LogP contribution in [0.2, 0.25) is 0 Å². The van der Waals surface area contributed by atoms with Gasteiger partial charge in [0.15, 0.2) is 0 Å². The first kappa shape index (κ1) is 23.9. The molecule has 1 aliphatic carbocycles. The number of nitrogen functional groups attached to an aromatic ring is 1. The first-order valence-electron chi connectivity index (χ1n) is 11.6. The van der Waals surface area contributed by atoms with E-state index in [1.165, 1.54) is 24.6 Å². The number of nitrogens with zero attached hydrogens (tertiary/aromatic N) is 4. The Morgan fingerprint density at radius 3 is 2.89 bits per heavy atom. The number of nitrogens with two attached hydrogens (primary N) is 1. The summed E-state index contributed by atoms with van der Waals surface area (Å²) in [4.78, 5) is 5.08. The smallest absolute Gasteiger partial charge is 0.137 e. The first-order valence-corrected chi connectivity index (χ1v) is 13.3. The number of nitrogens with one attached hydrogen (secondary N) is 1. The highest BCUT2D eigenvalue weighted by Crippen LogP contribution is 2.42. The van der Waals surface area contributed by atoms with Crippen molar-refractivity contribution in [2.45, 2.75) is 36.3 Å². The summed E-state index contributed by atoms with van der Waals surface area (Å²) in [5.41, 5.74) is 15.6. The minimum atomic E-state index is -0.273. The van der Waals surface area contributed by atoms with Crippen molar-refractivity contribution in [2.24, 2.45) is 13.0 Å². The van der Waals surface area contributed by atoms with Crippen LogP contribution in [0.4, 0.5) is 10.2 Å². The molecule has 0 unspecified atom stereocenters. The molecule has 2 aromatic heterocycles. The molecular formula is C26H28BrFN6S. The quantitative estimate of drug-likeness (QED) is 0.349. The van der Waals surface area contributed by atoms with E-state index < -0.39 is 0 Å². The van der Waals surface area contributed by atoms with Crippen molar-refractivity contribution in [3.05, 3.63) is 81.6 Å². The number of hydrazine groups is 1. The van der Waals surface area contributed by atoms with Gasteiger partial charge in [-0.3, -0.25) is 9.69 Å². The third-order valence-electron chi connectivity index (χ3n) is 6.19. The summed E-state index contributed by atoms with van der Waals surface area (Å²) >= 11 is 5.02. The van der Waals surface area contributed by atoms with E-state index in [0.717, 1.165) is 37.4 Å². The Bertz CT molecular complexity index is 1330. The number of thioether (sulfide) groups is 1. The molecule has 0 bridgehead atoms. The van der Waals surface area contributed by atoms with Crippen LogP contribution in [0.5, 0.6) is 0 Å². The van der Waals surface area contributed by atoms with Gasteiger partial charge in [0.25, 0.3) is 0 Å². The van der Waals surface area contributed by atoms with Gasteiger partial charge >= 0.3 is 0 Å². The van der Waals surface area contributed by atoms with E-state index in [2.05, 4.69) is 50.4 Å². The fourth-order valence-electron chi connectivity index (χ4n) is 4.31. The molecule has 3 N–H and O–H groups in total. The largest absolute Gasteiger partial charge is 0.383 e. The van der Waals surface area contributed by atoms with Crippen LogP contribution < -0.4 is 11.2 Å². The van der Waals surface area contributed by atoms with Crippen LogP contribution in [-0.4, -0.2) is 26.8 Å². The lowest BCUT2D eigenvalue weighted by Gasteiger charge is -2.18. The van der Waals surface area contributed by atoms with Gasteiger partial charge in [-0.15, -0.1) is 11.8 Å². The summed E-state index contributed by atoms with van der Waals surface area (Å²) in [5, 5.41) is 6.79. The Hall–Kier alpha value is -2.78. The third-order valence-corrected chi connectivity index (χ3v) is 7.82. The topological polar surface area (TPSA) is 72.0 Å². The molecule has 35 heavy (non-hydrogen) atoms. The summed E-state index contributed by atoms with van der Waals surface area (Å²) in [6.07, 6.45) is 11.5. The fraction of sp³-hybridized carbons (Fsp3) is 0.308. The molecule has 1 atom stereocenters. The van der Waals surface area contributed by atoms with Gasteiger partial charge in [-0.2, -0.15) is 5.10 Å². The van der Waals surface area contributed by atoms with Gasteiger partial charge in [0.1, 0.15) is 11.6 Å². The van der Waals surface area contributed by atoms with Crippen LogP contribution in [0.3, 0.4) is 0 Å². The number of hydrogen-bond donors (Lipinski definition) is 2. The van der Waals surface area contributed by atoms with Crippen molar-refractivity contribution in [2.75, 3.05) is 12.8 Å². The van der Waals surface area contributed by atoms with Crippen molar-refractivity contribution in [3.63, 3.8) is 0 Å².